The Labute approximate surface area is 217 Å². The van der Waals surface area contributed by atoms with Crippen LogP contribution in [0.25, 0.3) is 0 Å². The van der Waals surface area contributed by atoms with E-state index in [9.17, 15) is 0 Å². The Morgan fingerprint density at radius 2 is 1.03 bits per heavy atom. The largest absolute Gasteiger partial charge is 0.497 e. The Balaban J connectivity index is 1.31. The lowest BCUT2D eigenvalue weighted by molar-refractivity contribution is 0.133. The third-order valence-electron chi connectivity index (χ3n) is 6.82. The SMILES string of the molecule is COc1ccc(CCOCCCCCC[P+](c2ccccc2)(c2ccccc2)c2ccccc2)cc1. The van der Waals surface area contributed by atoms with Gasteiger partial charge in [-0.25, -0.2) is 0 Å². The molecule has 0 heterocycles. The first-order valence-electron chi connectivity index (χ1n) is 13.1. The van der Waals surface area contributed by atoms with Crippen LogP contribution in [-0.2, 0) is 11.2 Å². The first-order valence-corrected chi connectivity index (χ1v) is 15.1. The summed E-state index contributed by atoms with van der Waals surface area (Å²) in [5.74, 6) is 0.901. The molecule has 186 valence electrons. The molecule has 0 amide bonds. The van der Waals surface area contributed by atoms with E-state index in [0.29, 0.717) is 0 Å². The molecule has 0 unspecified atom stereocenters. The van der Waals surface area contributed by atoms with E-state index in [4.69, 9.17) is 9.47 Å². The van der Waals surface area contributed by atoms with Gasteiger partial charge in [-0.15, -0.1) is 0 Å². The highest BCUT2D eigenvalue weighted by Crippen LogP contribution is 2.55. The Hall–Kier alpha value is -2.93. The molecule has 0 atom stereocenters. The summed E-state index contributed by atoms with van der Waals surface area (Å²) in [7, 11) is -0.000477. The summed E-state index contributed by atoms with van der Waals surface area (Å²) in [6, 6.07) is 41.8. The highest BCUT2D eigenvalue weighted by Gasteiger charge is 2.44. The topological polar surface area (TPSA) is 18.5 Å². The summed E-state index contributed by atoms with van der Waals surface area (Å²) in [6.45, 7) is 1.61. The summed E-state index contributed by atoms with van der Waals surface area (Å²) in [5.41, 5.74) is 1.29. The van der Waals surface area contributed by atoms with Gasteiger partial charge in [0.25, 0.3) is 0 Å². The molecular weight excluding hydrogens is 459 g/mol. The molecule has 0 N–H and O–H groups in total. The zero-order chi connectivity index (χ0) is 24.9. The van der Waals surface area contributed by atoms with Crippen molar-refractivity contribution in [2.75, 3.05) is 26.5 Å². The fraction of sp³-hybridized carbons (Fsp3) is 0.273. The second kappa shape index (κ2) is 14.0. The van der Waals surface area contributed by atoms with Crippen molar-refractivity contribution in [2.24, 2.45) is 0 Å². The van der Waals surface area contributed by atoms with E-state index < -0.39 is 7.26 Å². The van der Waals surface area contributed by atoms with Crippen LogP contribution in [0.1, 0.15) is 31.2 Å². The van der Waals surface area contributed by atoms with E-state index in [2.05, 4.69) is 103 Å². The molecule has 0 spiro atoms. The summed E-state index contributed by atoms with van der Waals surface area (Å²) in [5, 5.41) is 4.43. The van der Waals surface area contributed by atoms with Crippen LogP contribution in [0.2, 0.25) is 0 Å². The molecule has 0 fully saturated rings. The zero-order valence-corrected chi connectivity index (χ0v) is 22.3. The average molecular weight is 498 g/mol. The number of methoxy groups -OCH3 is 1. The van der Waals surface area contributed by atoms with Crippen LogP contribution in [0.4, 0.5) is 0 Å². The van der Waals surface area contributed by atoms with Crippen molar-refractivity contribution in [2.45, 2.75) is 32.1 Å². The van der Waals surface area contributed by atoms with Crippen LogP contribution in [0, 0.1) is 0 Å². The van der Waals surface area contributed by atoms with Crippen LogP contribution in [-0.4, -0.2) is 26.5 Å². The second-order valence-corrected chi connectivity index (χ2v) is 12.8. The maximum Gasteiger partial charge on any atom is 0.118 e. The van der Waals surface area contributed by atoms with Gasteiger partial charge < -0.3 is 9.47 Å². The van der Waals surface area contributed by atoms with Gasteiger partial charge in [0, 0.05) is 6.61 Å². The number of unbranched alkanes of at least 4 members (excludes halogenated alkanes) is 3. The van der Waals surface area contributed by atoms with Crippen molar-refractivity contribution in [1.29, 1.82) is 0 Å². The van der Waals surface area contributed by atoms with Crippen molar-refractivity contribution in [3.05, 3.63) is 121 Å². The van der Waals surface area contributed by atoms with Crippen LogP contribution in [0.5, 0.6) is 5.75 Å². The van der Waals surface area contributed by atoms with Crippen molar-refractivity contribution >= 4 is 23.2 Å². The second-order valence-electron chi connectivity index (χ2n) is 9.16. The maximum atomic E-state index is 5.93. The Morgan fingerprint density at radius 1 is 0.528 bits per heavy atom. The Morgan fingerprint density at radius 3 is 1.53 bits per heavy atom. The molecule has 0 aliphatic rings. The molecule has 4 aromatic rings. The first kappa shape index (κ1) is 26.1. The van der Waals surface area contributed by atoms with Crippen molar-refractivity contribution < 1.29 is 9.47 Å². The minimum Gasteiger partial charge on any atom is -0.497 e. The summed E-state index contributed by atoms with van der Waals surface area (Å²) in [6.07, 6.45) is 6.93. The molecule has 0 radical (unpaired) electrons. The standard InChI is InChI=1S/C33H38O2P/c1-34-30-23-21-29(22-24-30)25-27-35-26-13-2-3-14-28-36(31-15-7-4-8-16-31,32-17-9-5-10-18-32)33-19-11-6-12-20-33/h4-12,15-24H,2-3,13-14,25-28H2,1H3/q+1. The third kappa shape index (κ3) is 6.84. The van der Waals surface area contributed by atoms with Crippen molar-refractivity contribution in [3.8, 4) is 5.75 Å². The molecule has 0 aliphatic carbocycles. The van der Waals surface area contributed by atoms with E-state index in [1.807, 2.05) is 12.1 Å². The maximum absolute atomic E-state index is 5.93. The molecule has 0 saturated carbocycles. The van der Waals surface area contributed by atoms with E-state index in [-0.39, 0.29) is 0 Å². The normalized spacial score (nSPS) is 11.4. The molecule has 4 rings (SSSR count). The highest BCUT2D eigenvalue weighted by molar-refractivity contribution is 7.95. The van der Waals surface area contributed by atoms with Crippen molar-refractivity contribution in [1.82, 2.24) is 0 Å². The van der Waals surface area contributed by atoms with Gasteiger partial charge in [0.1, 0.15) is 28.9 Å². The van der Waals surface area contributed by atoms with E-state index in [1.54, 1.807) is 7.11 Å². The van der Waals surface area contributed by atoms with E-state index in [1.165, 1.54) is 46.9 Å². The van der Waals surface area contributed by atoms with Gasteiger partial charge in [0.2, 0.25) is 0 Å². The number of rotatable bonds is 14. The lowest BCUT2D eigenvalue weighted by Crippen LogP contribution is -2.33. The van der Waals surface area contributed by atoms with Crippen molar-refractivity contribution in [3.63, 3.8) is 0 Å². The number of benzene rings is 4. The monoisotopic (exact) mass is 497 g/mol. The van der Waals surface area contributed by atoms with Crippen LogP contribution in [0.15, 0.2) is 115 Å². The fourth-order valence-corrected chi connectivity index (χ4v) is 9.28. The molecule has 0 bridgehead atoms. The fourth-order valence-electron chi connectivity index (χ4n) is 4.87. The van der Waals surface area contributed by atoms with Gasteiger partial charge in [0.15, 0.2) is 0 Å². The molecule has 3 heteroatoms. The van der Waals surface area contributed by atoms with E-state index >= 15 is 0 Å². The lowest BCUT2D eigenvalue weighted by Gasteiger charge is -2.27. The van der Waals surface area contributed by atoms with Crippen LogP contribution >= 0.6 is 7.26 Å². The van der Waals surface area contributed by atoms with Gasteiger partial charge in [-0.1, -0.05) is 73.2 Å². The number of ether oxygens (including phenoxy) is 2. The summed E-state index contributed by atoms with van der Waals surface area (Å²) < 4.78 is 11.2. The van der Waals surface area contributed by atoms with Gasteiger partial charge in [-0.3, -0.25) is 0 Å². The average Bonchev–Trinajstić information content (AvgIpc) is 2.96. The third-order valence-corrected chi connectivity index (χ3v) is 11.3. The van der Waals surface area contributed by atoms with Gasteiger partial charge in [-0.05, 0) is 79.8 Å². The molecule has 4 aromatic carbocycles. The highest BCUT2D eigenvalue weighted by atomic mass is 31.2. The summed E-state index contributed by atoms with van der Waals surface area (Å²) >= 11 is 0. The number of hydrogen-bond acceptors (Lipinski definition) is 2. The number of hydrogen-bond donors (Lipinski definition) is 0. The molecule has 0 aromatic heterocycles. The molecule has 0 aliphatic heterocycles. The summed E-state index contributed by atoms with van der Waals surface area (Å²) in [4.78, 5) is 0. The minimum absolute atomic E-state index is 0.775. The minimum atomic E-state index is -1.70. The predicted octanol–water partition coefficient (Wildman–Crippen LogP) is 6.81. The van der Waals surface area contributed by atoms with Crippen LogP contribution < -0.4 is 20.7 Å². The van der Waals surface area contributed by atoms with E-state index in [0.717, 1.165) is 31.8 Å². The Kier molecular flexibility index (Phi) is 10.1. The predicted molar refractivity (Wildman–Crippen MR) is 156 cm³/mol. The zero-order valence-electron chi connectivity index (χ0n) is 21.4. The van der Waals surface area contributed by atoms with Gasteiger partial charge in [-0.2, -0.15) is 0 Å². The smallest absolute Gasteiger partial charge is 0.118 e. The van der Waals surface area contributed by atoms with Crippen LogP contribution in [0.3, 0.4) is 0 Å². The lowest BCUT2D eigenvalue weighted by atomic mass is 10.1. The molecule has 36 heavy (non-hydrogen) atoms. The quantitative estimate of drug-likeness (QED) is 0.141. The van der Waals surface area contributed by atoms with Gasteiger partial charge >= 0.3 is 0 Å². The molecular formula is C33H38O2P+. The first-order chi connectivity index (χ1) is 17.8. The molecule has 2 nitrogen and oxygen atoms in total. The Bertz CT molecular complexity index is 1030. The van der Waals surface area contributed by atoms with Gasteiger partial charge in [0.05, 0.1) is 19.9 Å². The molecule has 0 saturated heterocycles.